The van der Waals surface area contributed by atoms with Gasteiger partial charge in [-0.15, -0.1) is 0 Å². The van der Waals surface area contributed by atoms with Crippen molar-refractivity contribution in [1.29, 1.82) is 0 Å². The first-order valence-electron chi connectivity index (χ1n) is 10.4. The van der Waals surface area contributed by atoms with E-state index in [2.05, 4.69) is 76.6 Å². The zero-order valence-corrected chi connectivity index (χ0v) is 17.7. The van der Waals surface area contributed by atoms with Crippen molar-refractivity contribution >= 4 is 12.1 Å². The second kappa shape index (κ2) is 9.26. The number of carbonyl (C=O) groups excluding carboxylic acids is 1. The summed E-state index contributed by atoms with van der Waals surface area (Å²) < 4.78 is 2.26. The van der Waals surface area contributed by atoms with E-state index in [9.17, 15) is 4.79 Å². The Morgan fingerprint density at radius 2 is 1.52 bits per heavy atom. The number of carbonyl (C=O) groups is 1. The van der Waals surface area contributed by atoms with E-state index >= 15 is 0 Å². The number of aryl methyl sites for hydroxylation is 1. The van der Waals surface area contributed by atoms with E-state index in [4.69, 9.17) is 0 Å². The van der Waals surface area contributed by atoms with E-state index in [1.807, 2.05) is 43.3 Å². The van der Waals surface area contributed by atoms with Crippen LogP contribution < -0.4 is 5.43 Å². The van der Waals surface area contributed by atoms with Crippen LogP contribution in [0.4, 0.5) is 0 Å². The van der Waals surface area contributed by atoms with Crippen molar-refractivity contribution in [3.05, 3.63) is 102 Å². The Morgan fingerprint density at radius 3 is 2.13 bits per heavy atom. The molecule has 1 amide bonds. The van der Waals surface area contributed by atoms with Gasteiger partial charge in [-0.3, -0.25) is 4.79 Å². The zero-order valence-electron chi connectivity index (χ0n) is 17.7. The van der Waals surface area contributed by atoms with Crippen molar-refractivity contribution in [2.45, 2.75) is 20.3 Å². The fraction of sp³-hybridized carbons (Fsp3) is 0.111. The van der Waals surface area contributed by atoms with E-state index < -0.39 is 0 Å². The first-order chi connectivity index (χ1) is 15.2. The van der Waals surface area contributed by atoms with Gasteiger partial charge in [0.15, 0.2) is 0 Å². The van der Waals surface area contributed by atoms with Gasteiger partial charge in [-0.05, 0) is 36.2 Å². The van der Waals surface area contributed by atoms with Gasteiger partial charge >= 0.3 is 0 Å². The summed E-state index contributed by atoms with van der Waals surface area (Å²) in [4.78, 5) is 11.7. The molecule has 31 heavy (non-hydrogen) atoms. The summed E-state index contributed by atoms with van der Waals surface area (Å²) in [5.74, 6) is -0.112. The van der Waals surface area contributed by atoms with Gasteiger partial charge in [-0.1, -0.05) is 85.3 Å². The Kier molecular flexibility index (Phi) is 6.08. The minimum atomic E-state index is -0.112. The quantitative estimate of drug-likeness (QED) is 0.310. The van der Waals surface area contributed by atoms with Gasteiger partial charge in [0.1, 0.15) is 0 Å². The Hall–Kier alpha value is -3.92. The van der Waals surface area contributed by atoms with E-state index in [0.717, 1.165) is 33.8 Å². The minimum absolute atomic E-state index is 0.112. The molecule has 4 nitrogen and oxygen atoms in total. The first-order valence-corrected chi connectivity index (χ1v) is 10.4. The first kappa shape index (κ1) is 20.4. The van der Waals surface area contributed by atoms with Crippen LogP contribution in [-0.4, -0.2) is 16.7 Å². The maximum atomic E-state index is 11.7. The molecule has 0 spiro atoms. The number of hydrazone groups is 1. The Morgan fingerprint density at radius 1 is 0.903 bits per heavy atom. The van der Waals surface area contributed by atoms with Crippen LogP contribution >= 0.6 is 0 Å². The minimum Gasteiger partial charge on any atom is -0.309 e. The third-order valence-electron chi connectivity index (χ3n) is 5.15. The smallest absolute Gasteiger partial charge is 0.239 e. The monoisotopic (exact) mass is 407 g/mol. The van der Waals surface area contributed by atoms with Crippen LogP contribution in [0.25, 0.3) is 28.2 Å². The second-order valence-corrected chi connectivity index (χ2v) is 7.38. The standard InChI is InChI=1S/C27H25N3O/c1-3-26(31)29-28-19-23-18-25(21-10-6-4-7-11-21)30(24-16-14-20(2)15-17-24)27(23)22-12-8-5-9-13-22/h4-19H,3H2,1-2H3,(H,29,31)/b28-19+. The van der Waals surface area contributed by atoms with Crippen LogP contribution in [0.5, 0.6) is 0 Å². The summed E-state index contributed by atoms with van der Waals surface area (Å²) >= 11 is 0. The van der Waals surface area contributed by atoms with Crippen molar-refractivity contribution in [2.75, 3.05) is 0 Å². The average Bonchev–Trinajstić information content (AvgIpc) is 3.20. The molecule has 1 aromatic heterocycles. The normalized spacial score (nSPS) is 11.0. The van der Waals surface area contributed by atoms with E-state index in [-0.39, 0.29) is 5.91 Å². The summed E-state index contributed by atoms with van der Waals surface area (Å²) in [6.07, 6.45) is 2.12. The molecule has 0 fully saturated rings. The molecule has 0 saturated heterocycles. The van der Waals surface area contributed by atoms with Gasteiger partial charge < -0.3 is 4.57 Å². The maximum Gasteiger partial charge on any atom is 0.239 e. The van der Waals surface area contributed by atoms with Crippen LogP contribution in [0, 0.1) is 6.92 Å². The predicted octanol–water partition coefficient (Wildman–Crippen LogP) is 5.98. The third-order valence-corrected chi connectivity index (χ3v) is 5.15. The lowest BCUT2D eigenvalue weighted by molar-refractivity contribution is -0.120. The summed E-state index contributed by atoms with van der Waals surface area (Å²) in [5.41, 5.74) is 10.1. The number of amides is 1. The van der Waals surface area contributed by atoms with E-state index in [1.54, 1.807) is 6.21 Å². The highest BCUT2D eigenvalue weighted by atomic mass is 16.2. The average molecular weight is 408 g/mol. The molecule has 0 aliphatic heterocycles. The number of aromatic nitrogens is 1. The van der Waals surface area contributed by atoms with Crippen LogP contribution in [0.2, 0.25) is 0 Å². The molecule has 0 saturated carbocycles. The number of hydrogen-bond donors (Lipinski definition) is 1. The Bertz CT molecular complexity index is 1190. The topological polar surface area (TPSA) is 46.4 Å². The van der Waals surface area contributed by atoms with Crippen molar-refractivity contribution in [2.24, 2.45) is 5.10 Å². The molecule has 0 radical (unpaired) electrons. The molecule has 4 heteroatoms. The van der Waals surface area contributed by atoms with Crippen molar-refractivity contribution in [1.82, 2.24) is 9.99 Å². The lowest BCUT2D eigenvalue weighted by Gasteiger charge is -2.15. The molecule has 4 rings (SSSR count). The Balaban J connectivity index is 1.97. The van der Waals surface area contributed by atoms with Crippen molar-refractivity contribution < 1.29 is 4.79 Å². The summed E-state index contributed by atoms with van der Waals surface area (Å²) in [6, 6.07) is 31.2. The molecule has 0 aliphatic carbocycles. The lowest BCUT2D eigenvalue weighted by Crippen LogP contribution is -2.15. The zero-order chi connectivity index (χ0) is 21.6. The maximum absolute atomic E-state index is 11.7. The van der Waals surface area contributed by atoms with Gasteiger partial charge in [0.25, 0.3) is 0 Å². The summed E-state index contributed by atoms with van der Waals surface area (Å²) in [7, 11) is 0. The molecular formula is C27H25N3O. The van der Waals surface area contributed by atoms with Gasteiger partial charge in [-0.2, -0.15) is 5.10 Å². The molecule has 3 aromatic carbocycles. The molecule has 154 valence electrons. The highest BCUT2D eigenvalue weighted by molar-refractivity contribution is 5.94. The number of nitrogens with one attached hydrogen (secondary N) is 1. The third kappa shape index (κ3) is 4.48. The van der Waals surface area contributed by atoms with Crippen LogP contribution in [-0.2, 0) is 4.79 Å². The van der Waals surface area contributed by atoms with E-state index in [1.165, 1.54) is 5.56 Å². The van der Waals surface area contributed by atoms with E-state index in [0.29, 0.717) is 6.42 Å². The van der Waals surface area contributed by atoms with Crippen molar-refractivity contribution in [3.8, 4) is 28.2 Å². The highest BCUT2D eigenvalue weighted by Gasteiger charge is 2.18. The SMILES string of the molecule is CCC(=O)N/N=C/c1cc(-c2ccccc2)n(-c2ccc(C)cc2)c1-c1ccccc1. The molecule has 1 N–H and O–H groups in total. The van der Waals surface area contributed by atoms with Crippen LogP contribution in [0.1, 0.15) is 24.5 Å². The molecule has 0 unspecified atom stereocenters. The van der Waals surface area contributed by atoms with Crippen LogP contribution in [0.3, 0.4) is 0 Å². The second-order valence-electron chi connectivity index (χ2n) is 7.38. The number of rotatable bonds is 6. The summed E-state index contributed by atoms with van der Waals surface area (Å²) in [6.45, 7) is 3.89. The molecule has 1 heterocycles. The lowest BCUT2D eigenvalue weighted by atomic mass is 10.1. The highest BCUT2D eigenvalue weighted by Crippen LogP contribution is 2.35. The van der Waals surface area contributed by atoms with Gasteiger partial charge in [0.2, 0.25) is 5.91 Å². The number of benzene rings is 3. The van der Waals surface area contributed by atoms with Crippen LogP contribution in [0.15, 0.2) is 96.1 Å². The summed E-state index contributed by atoms with van der Waals surface area (Å²) in [5, 5.41) is 4.22. The molecule has 0 bridgehead atoms. The molecule has 0 aliphatic rings. The largest absolute Gasteiger partial charge is 0.309 e. The number of nitrogens with zero attached hydrogens (tertiary/aromatic N) is 2. The Labute approximate surface area is 182 Å². The van der Waals surface area contributed by atoms with Gasteiger partial charge in [0, 0.05) is 17.7 Å². The fourth-order valence-electron chi connectivity index (χ4n) is 3.56. The fourth-order valence-corrected chi connectivity index (χ4v) is 3.56. The number of hydrogen-bond acceptors (Lipinski definition) is 2. The molecular weight excluding hydrogens is 382 g/mol. The molecule has 4 aromatic rings. The van der Waals surface area contributed by atoms with Gasteiger partial charge in [-0.25, -0.2) is 5.43 Å². The molecule has 0 atom stereocenters. The van der Waals surface area contributed by atoms with Gasteiger partial charge in [0.05, 0.1) is 17.6 Å². The predicted molar refractivity (Wildman–Crippen MR) is 127 cm³/mol. The van der Waals surface area contributed by atoms with Crippen molar-refractivity contribution in [3.63, 3.8) is 0 Å².